The van der Waals surface area contributed by atoms with Crippen LogP contribution in [0.25, 0.3) is 0 Å². The van der Waals surface area contributed by atoms with Crippen molar-refractivity contribution in [3.63, 3.8) is 0 Å². The number of aryl methyl sites for hydroxylation is 1. The molecule has 1 unspecified atom stereocenters. The third-order valence-electron chi connectivity index (χ3n) is 3.20. The highest BCUT2D eigenvalue weighted by Crippen LogP contribution is 2.30. The molecule has 7 heteroatoms. The van der Waals surface area contributed by atoms with Crippen molar-refractivity contribution in [3.8, 4) is 0 Å². The summed E-state index contributed by atoms with van der Waals surface area (Å²) in [6.45, 7) is 7.77. The highest BCUT2D eigenvalue weighted by Gasteiger charge is 2.33. The van der Waals surface area contributed by atoms with Gasteiger partial charge in [-0.05, 0) is 41.8 Å². The fourth-order valence-electron chi connectivity index (χ4n) is 1.45. The van der Waals surface area contributed by atoms with E-state index < -0.39 is 15.6 Å². The maximum Gasteiger partial charge on any atom is 0.242 e. The number of rotatable bonds is 5. The van der Waals surface area contributed by atoms with E-state index in [2.05, 4.69) is 20.7 Å². The molecule has 1 aromatic rings. The molecule has 0 bridgehead atoms. The molecule has 0 aliphatic carbocycles. The lowest BCUT2D eigenvalue weighted by atomic mass is 9.90. The fraction of sp³-hybridized carbons (Fsp3) is 0.636. The molecule has 0 amide bonds. The molecule has 0 saturated heterocycles. The zero-order chi connectivity index (χ0) is 14.1. The van der Waals surface area contributed by atoms with E-state index in [1.54, 1.807) is 13.0 Å². The van der Waals surface area contributed by atoms with Gasteiger partial charge in [0.15, 0.2) is 0 Å². The van der Waals surface area contributed by atoms with Gasteiger partial charge in [0.05, 0.1) is 8.68 Å². The smallest absolute Gasteiger partial charge is 0.242 e. The van der Waals surface area contributed by atoms with E-state index in [0.717, 1.165) is 8.66 Å². The monoisotopic (exact) mass is 354 g/mol. The molecule has 1 rings (SSSR count). The van der Waals surface area contributed by atoms with Crippen LogP contribution in [0.5, 0.6) is 0 Å². The largest absolute Gasteiger partial charge is 0.329 e. The van der Waals surface area contributed by atoms with Gasteiger partial charge in [-0.15, -0.1) is 11.3 Å². The molecule has 0 aliphatic heterocycles. The van der Waals surface area contributed by atoms with Crippen LogP contribution in [0.2, 0.25) is 0 Å². The fourth-order valence-corrected chi connectivity index (χ4v) is 5.42. The third kappa shape index (κ3) is 3.33. The van der Waals surface area contributed by atoms with Gasteiger partial charge in [-0.2, -0.15) is 0 Å². The number of nitrogens with one attached hydrogen (secondary N) is 1. The molecule has 0 saturated carbocycles. The van der Waals surface area contributed by atoms with Gasteiger partial charge in [-0.25, -0.2) is 13.1 Å². The Labute approximate surface area is 121 Å². The van der Waals surface area contributed by atoms with Crippen LogP contribution in [0.3, 0.4) is 0 Å². The summed E-state index contributed by atoms with van der Waals surface area (Å²) in [6, 6.07) is 1.62. The van der Waals surface area contributed by atoms with Crippen LogP contribution in [-0.2, 0) is 10.0 Å². The average molecular weight is 355 g/mol. The first-order chi connectivity index (χ1) is 8.12. The Bertz CT molecular complexity index is 525. The molecule has 0 fully saturated rings. The van der Waals surface area contributed by atoms with E-state index in [-0.39, 0.29) is 12.5 Å². The Hall–Kier alpha value is 0.0500. The quantitative estimate of drug-likeness (QED) is 0.852. The maximum atomic E-state index is 12.4. The van der Waals surface area contributed by atoms with E-state index in [1.807, 2.05) is 20.8 Å². The van der Waals surface area contributed by atoms with Crippen molar-refractivity contribution in [2.24, 2.45) is 11.7 Å². The zero-order valence-electron chi connectivity index (χ0n) is 11.0. The number of hydrogen-bond acceptors (Lipinski definition) is 4. The lowest BCUT2D eigenvalue weighted by Gasteiger charge is -2.33. The van der Waals surface area contributed by atoms with Crippen molar-refractivity contribution in [1.82, 2.24) is 4.72 Å². The lowest BCUT2D eigenvalue weighted by molar-refractivity contribution is 0.315. The van der Waals surface area contributed by atoms with Gasteiger partial charge in [0.2, 0.25) is 10.0 Å². The molecule has 4 nitrogen and oxygen atoms in total. The first-order valence-electron chi connectivity index (χ1n) is 5.62. The SMILES string of the molecule is Cc1sc(Br)cc1S(=O)(=O)NC(C)(CN)C(C)C. The minimum Gasteiger partial charge on any atom is -0.329 e. The molecule has 0 spiro atoms. The van der Waals surface area contributed by atoms with E-state index >= 15 is 0 Å². The highest BCUT2D eigenvalue weighted by molar-refractivity contribution is 9.11. The first kappa shape index (κ1) is 16.1. The first-order valence-corrected chi connectivity index (χ1v) is 8.71. The second-order valence-electron chi connectivity index (χ2n) is 4.85. The van der Waals surface area contributed by atoms with E-state index in [0.29, 0.717) is 4.90 Å². The van der Waals surface area contributed by atoms with Crippen LogP contribution in [0.1, 0.15) is 25.6 Å². The summed E-state index contributed by atoms with van der Waals surface area (Å²) >= 11 is 4.71. The van der Waals surface area contributed by atoms with E-state index in [9.17, 15) is 8.42 Å². The minimum atomic E-state index is -3.53. The molecule has 1 atom stereocenters. The van der Waals surface area contributed by atoms with Crippen molar-refractivity contribution in [1.29, 1.82) is 0 Å². The van der Waals surface area contributed by atoms with Crippen molar-refractivity contribution < 1.29 is 8.42 Å². The summed E-state index contributed by atoms with van der Waals surface area (Å²) in [4.78, 5) is 1.08. The molecule has 1 heterocycles. The molecular weight excluding hydrogens is 336 g/mol. The van der Waals surface area contributed by atoms with Crippen molar-refractivity contribution >= 4 is 37.3 Å². The van der Waals surface area contributed by atoms with Crippen molar-refractivity contribution in [2.75, 3.05) is 6.54 Å². The Kier molecular flexibility index (Phi) is 4.99. The number of nitrogens with two attached hydrogens (primary N) is 1. The summed E-state index contributed by atoms with van der Waals surface area (Å²) in [5.41, 5.74) is 5.06. The number of hydrogen-bond donors (Lipinski definition) is 2. The molecular formula is C11H19BrN2O2S2. The van der Waals surface area contributed by atoms with Crippen LogP contribution < -0.4 is 10.5 Å². The Morgan fingerprint density at radius 2 is 2.11 bits per heavy atom. The number of thiophene rings is 1. The maximum absolute atomic E-state index is 12.4. The molecule has 0 aliphatic rings. The van der Waals surface area contributed by atoms with Gasteiger partial charge < -0.3 is 5.73 Å². The second-order valence-corrected chi connectivity index (χ2v) is 9.14. The molecule has 104 valence electrons. The second kappa shape index (κ2) is 5.58. The normalized spacial score (nSPS) is 15.9. The molecule has 1 aromatic heterocycles. The van der Waals surface area contributed by atoms with Crippen LogP contribution in [0.15, 0.2) is 14.7 Å². The third-order valence-corrected chi connectivity index (χ3v) is 6.62. The lowest BCUT2D eigenvalue weighted by Crippen LogP contribution is -2.54. The summed E-state index contributed by atoms with van der Waals surface area (Å²) in [5, 5.41) is 0. The van der Waals surface area contributed by atoms with Gasteiger partial charge in [0, 0.05) is 17.0 Å². The van der Waals surface area contributed by atoms with Crippen molar-refractivity contribution in [2.45, 2.75) is 38.1 Å². The predicted molar refractivity (Wildman–Crippen MR) is 79.4 cm³/mol. The van der Waals surface area contributed by atoms with Gasteiger partial charge in [0.1, 0.15) is 0 Å². The zero-order valence-corrected chi connectivity index (χ0v) is 14.2. The van der Waals surface area contributed by atoms with E-state index in [4.69, 9.17) is 5.73 Å². The van der Waals surface area contributed by atoms with Crippen LogP contribution in [0.4, 0.5) is 0 Å². The van der Waals surface area contributed by atoms with Gasteiger partial charge in [-0.3, -0.25) is 0 Å². The molecule has 0 radical (unpaired) electrons. The standard InChI is InChI=1S/C11H19BrN2O2S2/c1-7(2)11(4,6-13)14-18(15,16)9-5-10(12)17-8(9)3/h5,7,14H,6,13H2,1-4H3. The van der Waals surface area contributed by atoms with Crippen LogP contribution >= 0.6 is 27.3 Å². The average Bonchev–Trinajstić information content (AvgIpc) is 2.57. The number of halogens is 1. The Balaban J connectivity index is 3.13. The molecule has 18 heavy (non-hydrogen) atoms. The Morgan fingerprint density at radius 1 is 1.56 bits per heavy atom. The highest BCUT2D eigenvalue weighted by atomic mass is 79.9. The predicted octanol–water partition coefficient (Wildman–Crippen LogP) is 2.47. The van der Waals surface area contributed by atoms with Crippen LogP contribution in [-0.4, -0.2) is 20.5 Å². The topological polar surface area (TPSA) is 72.2 Å². The molecule has 0 aromatic carbocycles. The van der Waals surface area contributed by atoms with Gasteiger partial charge >= 0.3 is 0 Å². The van der Waals surface area contributed by atoms with Gasteiger partial charge in [-0.1, -0.05) is 13.8 Å². The summed E-state index contributed by atoms with van der Waals surface area (Å²) < 4.78 is 28.3. The number of sulfonamides is 1. The van der Waals surface area contributed by atoms with Crippen molar-refractivity contribution in [3.05, 3.63) is 14.7 Å². The summed E-state index contributed by atoms with van der Waals surface area (Å²) in [6.07, 6.45) is 0. The summed E-state index contributed by atoms with van der Waals surface area (Å²) in [7, 11) is -3.53. The summed E-state index contributed by atoms with van der Waals surface area (Å²) in [5.74, 6) is 0.111. The Morgan fingerprint density at radius 3 is 2.44 bits per heavy atom. The van der Waals surface area contributed by atoms with Crippen LogP contribution in [0, 0.1) is 12.8 Å². The van der Waals surface area contributed by atoms with E-state index in [1.165, 1.54) is 11.3 Å². The minimum absolute atomic E-state index is 0.111. The molecule has 3 N–H and O–H groups in total. The van der Waals surface area contributed by atoms with Gasteiger partial charge in [0.25, 0.3) is 0 Å².